The smallest absolute Gasteiger partial charge is 0.387 e. The summed E-state index contributed by atoms with van der Waals surface area (Å²) in [6.07, 6.45) is 0.475. The zero-order valence-electron chi connectivity index (χ0n) is 21.9. The average Bonchev–Trinajstić information content (AvgIpc) is 2.91. The lowest BCUT2D eigenvalue weighted by Gasteiger charge is -2.27. The zero-order chi connectivity index (χ0) is 29.0. The van der Waals surface area contributed by atoms with Gasteiger partial charge in [-0.3, -0.25) is 10.2 Å². The van der Waals surface area contributed by atoms with E-state index in [1.807, 2.05) is 12.1 Å². The molecule has 0 aliphatic carbocycles. The number of hydrogen-bond donors (Lipinski definition) is 4. The molecule has 1 atom stereocenters. The van der Waals surface area contributed by atoms with Crippen LogP contribution in [0.3, 0.4) is 0 Å². The highest BCUT2D eigenvalue weighted by molar-refractivity contribution is 5.95. The van der Waals surface area contributed by atoms with Crippen LogP contribution in [0.15, 0.2) is 60.7 Å². The number of nitrogen functional groups attached to an aromatic ring is 1. The number of anilines is 2. The molecule has 5 N–H and O–H groups in total. The first kappa shape index (κ1) is 28.3. The van der Waals surface area contributed by atoms with E-state index in [0.29, 0.717) is 29.8 Å². The third-order valence-corrected chi connectivity index (χ3v) is 6.48. The van der Waals surface area contributed by atoms with Gasteiger partial charge in [0.15, 0.2) is 11.6 Å². The van der Waals surface area contributed by atoms with Crippen LogP contribution in [0.25, 0.3) is 0 Å². The number of fused-ring (bicyclic) bond motifs is 4. The van der Waals surface area contributed by atoms with Gasteiger partial charge in [0.25, 0.3) is 0 Å². The molecule has 3 aromatic carbocycles. The van der Waals surface area contributed by atoms with Crippen LogP contribution in [0.2, 0.25) is 0 Å². The number of rotatable bonds is 5. The number of hydrogen-bond acceptors (Lipinski definition) is 5. The highest BCUT2D eigenvalue weighted by atomic mass is 19.3. The van der Waals surface area contributed by atoms with Gasteiger partial charge < -0.3 is 30.9 Å². The molecule has 0 saturated heterocycles. The van der Waals surface area contributed by atoms with Crippen molar-refractivity contribution in [1.82, 2.24) is 9.80 Å². The molecule has 1 aliphatic rings. The molecule has 0 fully saturated rings. The Balaban J connectivity index is 1.77. The average molecular weight is 555 g/mol. The molecule has 210 valence electrons. The summed E-state index contributed by atoms with van der Waals surface area (Å²) in [7, 11) is 3.04. The lowest BCUT2D eigenvalue weighted by atomic mass is 10.0. The molecule has 9 nitrogen and oxygen atoms in total. The fraction of sp³-hybridized carbons (Fsp3) is 0.250. The van der Waals surface area contributed by atoms with Gasteiger partial charge in [0.05, 0.1) is 0 Å². The van der Waals surface area contributed by atoms with Crippen LogP contribution in [-0.4, -0.2) is 54.8 Å². The van der Waals surface area contributed by atoms with E-state index in [1.54, 1.807) is 43.4 Å². The maximum absolute atomic E-state index is 14.9. The highest BCUT2D eigenvalue weighted by Crippen LogP contribution is 2.31. The predicted octanol–water partition coefficient (Wildman–Crippen LogP) is 4.54. The Morgan fingerprint density at radius 1 is 1.10 bits per heavy atom. The molecule has 1 aliphatic heterocycles. The molecule has 0 saturated carbocycles. The van der Waals surface area contributed by atoms with Crippen molar-refractivity contribution in [2.75, 3.05) is 31.3 Å². The molecule has 0 unspecified atom stereocenters. The second-order valence-corrected chi connectivity index (χ2v) is 9.43. The number of alkyl halides is 2. The molecular weight excluding hydrogens is 525 g/mol. The molecule has 12 heteroatoms. The van der Waals surface area contributed by atoms with E-state index in [1.165, 1.54) is 22.9 Å². The largest absolute Gasteiger partial charge is 0.431 e. The van der Waals surface area contributed by atoms with Gasteiger partial charge in [-0.25, -0.2) is 9.18 Å². The minimum atomic E-state index is -3.30. The van der Waals surface area contributed by atoms with Gasteiger partial charge in [0.1, 0.15) is 11.9 Å². The summed E-state index contributed by atoms with van der Waals surface area (Å²) in [5.74, 6) is -2.35. The van der Waals surface area contributed by atoms with Crippen LogP contribution in [0.4, 0.5) is 29.3 Å². The standard InChI is InChI=1S/C28H29F3N6O3/c1-36-11-10-16-4-3-5-18(12-16)23(34-20-8-6-17(7-9-20)25(32)33)26(38)37(2)15-19-13-21(35-28(36)39)14-22(29)24(19)40-27(30)31/h3-9,12-14,23,27,34H,10-11,15H2,1-2H3,(H3,32,33)(H,35,39)/t23-/m1/s1. The first-order chi connectivity index (χ1) is 19.0. The Labute approximate surface area is 229 Å². The van der Waals surface area contributed by atoms with E-state index >= 15 is 0 Å². The molecular formula is C28H29F3N6O3. The summed E-state index contributed by atoms with van der Waals surface area (Å²) in [5, 5.41) is 13.4. The second kappa shape index (κ2) is 12.0. The van der Waals surface area contributed by atoms with Crippen LogP contribution in [0.5, 0.6) is 5.75 Å². The molecule has 0 radical (unpaired) electrons. The summed E-state index contributed by atoms with van der Waals surface area (Å²) in [6.45, 7) is -3.28. The maximum atomic E-state index is 14.9. The minimum Gasteiger partial charge on any atom is -0.431 e. The van der Waals surface area contributed by atoms with Gasteiger partial charge in [0.2, 0.25) is 5.91 Å². The quantitative estimate of drug-likeness (QED) is 0.272. The van der Waals surface area contributed by atoms with Gasteiger partial charge in [-0.15, -0.1) is 0 Å². The van der Waals surface area contributed by atoms with Gasteiger partial charge in [0, 0.05) is 55.8 Å². The van der Waals surface area contributed by atoms with Crippen LogP contribution >= 0.6 is 0 Å². The van der Waals surface area contributed by atoms with Gasteiger partial charge in [-0.2, -0.15) is 8.78 Å². The van der Waals surface area contributed by atoms with Crippen molar-refractivity contribution in [1.29, 1.82) is 5.41 Å². The third kappa shape index (κ3) is 6.63. The number of nitrogens with zero attached hydrogens (tertiary/aromatic N) is 2. The second-order valence-electron chi connectivity index (χ2n) is 9.43. The van der Waals surface area contributed by atoms with E-state index in [0.717, 1.165) is 11.6 Å². The first-order valence-electron chi connectivity index (χ1n) is 12.4. The summed E-state index contributed by atoms with van der Waals surface area (Å²) < 4.78 is 45.6. The maximum Gasteiger partial charge on any atom is 0.387 e. The van der Waals surface area contributed by atoms with Crippen molar-refractivity contribution in [2.24, 2.45) is 5.73 Å². The van der Waals surface area contributed by atoms with Crippen LogP contribution < -0.4 is 21.1 Å². The third-order valence-electron chi connectivity index (χ3n) is 6.48. The SMILES string of the molecule is CN1CCc2cccc(c2)[C@@H](Nc2ccc(C(=N)N)cc2)C(=O)N(C)Cc2cc(cc(F)c2OC(F)F)NC1=O. The number of nitrogens with one attached hydrogen (secondary N) is 3. The first-order valence-corrected chi connectivity index (χ1v) is 12.4. The zero-order valence-corrected chi connectivity index (χ0v) is 21.9. The number of halogens is 3. The Hall–Kier alpha value is -4.74. The lowest BCUT2D eigenvalue weighted by Crippen LogP contribution is -2.35. The molecule has 4 bridgehead atoms. The number of likely N-dealkylation sites (N-methyl/N-ethyl adjacent to an activating group) is 2. The van der Waals surface area contributed by atoms with Crippen molar-refractivity contribution < 1.29 is 27.5 Å². The topological polar surface area (TPSA) is 124 Å². The molecule has 0 aromatic heterocycles. The number of ether oxygens (including phenoxy) is 1. The highest BCUT2D eigenvalue weighted by Gasteiger charge is 2.27. The van der Waals surface area contributed by atoms with Crippen molar-refractivity contribution >= 4 is 29.1 Å². The summed E-state index contributed by atoms with van der Waals surface area (Å²) >= 11 is 0. The lowest BCUT2D eigenvalue weighted by molar-refractivity contribution is -0.131. The molecule has 40 heavy (non-hydrogen) atoms. The van der Waals surface area contributed by atoms with Crippen molar-refractivity contribution in [3.8, 4) is 5.75 Å². The molecule has 4 rings (SSSR count). The number of benzene rings is 3. The Morgan fingerprint density at radius 2 is 1.82 bits per heavy atom. The molecule has 1 heterocycles. The fourth-order valence-corrected chi connectivity index (χ4v) is 4.36. The monoisotopic (exact) mass is 554 g/mol. The summed E-state index contributed by atoms with van der Waals surface area (Å²) in [6, 6.07) is 14.7. The predicted molar refractivity (Wildman–Crippen MR) is 145 cm³/mol. The number of carbonyl (C=O) groups excluding carboxylic acids is 2. The normalized spacial score (nSPS) is 16.2. The Kier molecular flexibility index (Phi) is 8.46. The minimum absolute atomic E-state index is 0.0301. The van der Waals surface area contributed by atoms with E-state index in [2.05, 4.69) is 15.4 Å². The summed E-state index contributed by atoms with van der Waals surface area (Å²) in [5.41, 5.74) is 8.11. The molecule has 3 aromatic rings. The molecule has 0 spiro atoms. The number of urea groups is 1. The van der Waals surface area contributed by atoms with Gasteiger partial charge >= 0.3 is 12.6 Å². The van der Waals surface area contributed by atoms with Crippen molar-refractivity contribution in [3.63, 3.8) is 0 Å². The van der Waals surface area contributed by atoms with E-state index < -0.39 is 36.2 Å². The van der Waals surface area contributed by atoms with E-state index in [9.17, 15) is 22.8 Å². The summed E-state index contributed by atoms with van der Waals surface area (Å²) in [4.78, 5) is 29.3. The van der Waals surface area contributed by atoms with Crippen LogP contribution in [0.1, 0.15) is 28.3 Å². The Bertz CT molecular complexity index is 1420. The molecule has 3 amide bonds. The number of carbonyl (C=O) groups is 2. The Morgan fingerprint density at radius 3 is 2.50 bits per heavy atom. The number of nitrogens with two attached hydrogens (primary N) is 1. The van der Waals surface area contributed by atoms with Crippen molar-refractivity contribution in [2.45, 2.75) is 25.6 Å². The van der Waals surface area contributed by atoms with Crippen LogP contribution in [0, 0.1) is 11.2 Å². The number of amides is 3. The van der Waals surface area contributed by atoms with E-state index in [4.69, 9.17) is 11.1 Å². The van der Waals surface area contributed by atoms with E-state index in [-0.39, 0.29) is 23.6 Å². The van der Waals surface area contributed by atoms with Gasteiger partial charge in [-0.1, -0.05) is 24.3 Å². The van der Waals surface area contributed by atoms with Crippen molar-refractivity contribution in [3.05, 3.63) is 88.7 Å². The number of amidine groups is 1. The van der Waals surface area contributed by atoms with Gasteiger partial charge in [-0.05, 0) is 47.9 Å². The van der Waals surface area contributed by atoms with Crippen LogP contribution in [-0.2, 0) is 17.8 Å². The fourth-order valence-electron chi connectivity index (χ4n) is 4.36.